The number of nitrogens with one attached hydrogen (secondary N) is 1. The first-order valence-corrected chi connectivity index (χ1v) is 9.65. The Morgan fingerprint density at radius 1 is 1.03 bits per heavy atom. The van der Waals surface area contributed by atoms with Gasteiger partial charge in [0.2, 0.25) is 0 Å². The minimum atomic E-state index is -0.193. The van der Waals surface area contributed by atoms with Gasteiger partial charge in [-0.1, -0.05) is 57.2 Å². The first kappa shape index (κ1) is 22.2. The van der Waals surface area contributed by atoms with E-state index < -0.39 is 0 Å². The molecule has 0 heterocycles. The predicted molar refractivity (Wildman–Crippen MR) is 116 cm³/mol. The molecular formula is C24H29NO4. The van der Waals surface area contributed by atoms with Gasteiger partial charge in [-0.15, -0.1) is 0 Å². The molecule has 2 aromatic rings. The molecule has 0 atom stereocenters. The standard InChI is InChI=1S/C24H29NO4/c1-6-25-23(27)16-29-21-14-8-17(15-22(21)28-5)7-13-20(26)18-9-11-19(12-10-18)24(2,3)4/h7-15H,6,16H2,1-5H3,(H,25,27). The third-order valence-electron chi connectivity index (χ3n) is 4.38. The quantitative estimate of drug-likeness (QED) is 0.531. The maximum absolute atomic E-state index is 12.5. The number of ketones is 1. The summed E-state index contributed by atoms with van der Waals surface area (Å²) in [5, 5.41) is 2.67. The number of ether oxygens (including phenoxy) is 2. The van der Waals surface area contributed by atoms with Gasteiger partial charge in [-0.05, 0) is 41.7 Å². The minimum Gasteiger partial charge on any atom is -0.493 e. The summed E-state index contributed by atoms with van der Waals surface area (Å²) in [4.78, 5) is 24.0. The highest BCUT2D eigenvalue weighted by atomic mass is 16.5. The van der Waals surface area contributed by atoms with Gasteiger partial charge < -0.3 is 14.8 Å². The largest absolute Gasteiger partial charge is 0.493 e. The average Bonchev–Trinajstić information content (AvgIpc) is 2.70. The van der Waals surface area contributed by atoms with E-state index in [0.717, 1.165) is 5.56 Å². The fourth-order valence-electron chi connectivity index (χ4n) is 2.70. The van der Waals surface area contributed by atoms with Crippen LogP contribution in [0, 0.1) is 0 Å². The lowest BCUT2D eigenvalue weighted by Crippen LogP contribution is -2.28. The lowest BCUT2D eigenvalue weighted by atomic mass is 9.86. The van der Waals surface area contributed by atoms with Crippen LogP contribution in [0.5, 0.6) is 11.5 Å². The van der Waals surface area contributed by atoms with E-state index in [-0.39, 0.29) is 23.7 Å². The summed E-state index contributed by atoms with van der Waals surface area (Å²) in [6.07, 6.45) is 3.27. The lowest BCUT2D eigenvalue weighted by Gasteiger charge is -2.18. The fraction of sp³-hybridized carbons (Fsp3) is 0.333. The number of allylic oxidation sites excluding steroid dienone is 1. The molecule has 0 aromatic heterocycles. The van der Waals surface area contributed by atoms with Crippen molar-refractivity contribution in [3.05, 3.63) is 65.2 Å². The second-order valence-electron chi connectivity index (χ2n) is 7.68. The van der Waals surface area contributed by atoms with E-state index in [0.29, 0.717) is 23.6 Å². The van der Waals surface area contributed by atoms with E-state index in [4.69, 9.17) is 9.47 Å². The Kier molecular flexibility index (Phi) is 7.59. The third kappa shape index (κ3) is 6.49. The van der Waals surface area contributed by atoms with Crippen molar-refractivity contribution in [3.63, 3.8) is 0 Å². The topological polar surface area (TPSA) is 64.6 Å². The molecule has 29 heavy (non-hydrogen) atoms. The molecule has 0 aliphatic carbocycles. The van der Waals surface area contributed by atoms with Gasteiger partial charge in [0, 0.05) is 12.1 Å². The van der Waals surface area contributed by atoms with Crippen LogP contribution in [0.25, 0.3) is 6.08 Å². The first-order valence-electron chi connectivity index (χ1n) is 9.65. The normalized spacial score (nSPS) is 11.3. The average molecular weight is 395 g/mol. The second-order valence-corrected chi connectivity index (χ2v) is 7.68. The van der Waals surface area contributed by atoms with Crippen molar-refractivity contribution >= 4 is 17.8 Å². The van der Waals surface area contributed by atoms with Crippen LogP contribution in [0.2, 0.25) is 0 Å². The molecule has 0 saturated carbocycles. The Bertz CT molecular complexity index is 877. The van der Waals surface area contributed by atoms with Crippen LogP contribution in [-0.2, 0) is 10.2 Å². The molecule has 0 aliphatic heterocycles. The van der Waals surface area contributed by atoms with Gasteiger partial charge in [0.1, 0.15) is 0 Å². The predicted octanol–water partition coefficient (Wildman–Crippen LogP) is 4.40. The van der Waals surface area contributed by atoms with Crippen LogP contribution < -0.4 is 14.8 Å². The highest BCUT2D eigenvalue weighted by Gasteiger charge is 2.13. The Balaban J connectivity index is 2.07. The van der Waals surface area contributed by atoms with Crippen LogP contribution in [0.1, 0.15) is 49.2 Å². The maximum atomic E-state index is 12.5. The Morgan fingerprint density at radius 3 is 2.31 bits per heavy atom. The molecule has 5 nitrogen and oxygen atoms in total. The number of amides is 1. The van der Waals surface area contributed by atoms with Crippen LogP contribution in [-0.4, -0.2) is 32.0 Å². The van der Waals surface area contributed by atoms with Crippen LogP contribution in [0.3, 0.4) is 0 Å². The van der Waals surface area contributed by atoms with E-state index in [1.165, 1.54) is 18.7 Å². The third-order valence-corrected chi connectivity index (χ3v) is 4.38. The number of rotatable bonds is 8. The van der Waals surface area contributed by atoms with Gasteiger partial charge in [-0.3, -0.25) is 9.59 Å². The zero-order valence-corrected chi connectivity index (χ0v) is 17.7. The molecule has 0 saturated heterocycles. The van der Waals surface area contributed by atoms with Gasteiger partial charge in [0.25, 0.3) is 5.91 Å². The summed E-state index contributed by atoms with van der Waals surface area (Å²) in [7, 11) is 1.53. The molecule has 2 rings (SSSR count). The van der Waals surface area contributed by atoms with E-state index in [2.05, 4.69) is 26.1 Å². The Morgan fingerprint density at radius 2 is 1.72 bits per heavy atom. The number of methoxy groups -OCH3 is 1. The molecule has 154 valence electrons. The number of carbonyl (C=O) groups is 2. The summed E-state index contributed by atoms with van der Waals surface area (Å²) in [6, 6.07) is 13.0. The fourth-order valence-corrected chi connectivity index (χ4v) is 2.70. The smallest absolute Gasteiger partial charge is 0.257 e. The van der Waals surface area contributed by atoms with Gasteiger partial charge in [0.15, 0.2) is 23.9 Å². The van der Waals surface area contributed by atoms with Crippen LogP contribution >= 0.6 is 0 Å². The minimum absolute atomic E-state index is 0.0506. The second kappa shape index (κ2) is 9.92. The van der Waals surface area contributed by atoms with Gasteiger partial charge in [-0.25, -0.2) is 0 Å². The van der Waals surface area contributed by atoms with Crippen molar-refractivity contribution in [2.45, 2.75) is 33.1 Å². The molecule has 0 bridgehead atoms. The summed E-state index contributed by atoms with van der Waals surface area (Å²) in [6.45, 7) is 8.74. The van der Waals surface area contributed by atoms with Gasteiger partial charge in [-0.2, -0.15) is 0 Å². The summed E-state index contributed by atoms with van der Waals surface area (Å²) >= 11 is 0. The zero-order valence-electron chi connectivity index (χ0n) is 17.7. The highest BCUT2D eigenvalue weighted by Crippen LogP contribution is 2.28. The number of carbonyl (C=O) groups excluding carboxylic acids is 2. The molecule has 0 unspecified atom stereocenters. The molecular weight excluding hydrogens is 366 g/mol. The molecule has 5 heteroatoms. The SMILES string of the molecule is CCNC(=O)COc1ccc(C=CC(=O)c2ccc(C(C)(C)C)cc2)cc1OC. The molecule has 0 spiro atoms. The maximum Gasteiger partial charge on any atom is 0.257 e. The van der Waals surface area contributed by atoms with E-state index in [1.54, 1.807) is 18.2 Å². The van der Waals surface area contributed by atoms with Crippen molar-refractivity contribution in [2.24, 2.45) is 0 Å². The van der Waals surface area contributed by atoms with E-state index in [9.17, 15) is 9.59 Å². The first-order chi connectivity index (χ1) is 13.7. The van der Waals surface area contributed by atoms with E-state index >= 15 is 0 Å². The van der Waals surface area contributed by atoms with Crippen molar-refractivity contribution in [1.82, 2.24) is 5.32 Å². The number of benzene rings is 2. The molecule has 0 fully saturated rings. The van der Waals surface area contributed by atoms with Crippen molar-refractivity contribution in [1.29, 1.82) is 0 Å². The number of hydrogen-bond donors (Lipinski definition) is 1. The molecule has 1 N–H and O–H groups in total. The lowest BCUT2D eigenvalue weighted by molar-refractivity contribution is -0.123. The van der Waals surface area contributed by atoms with Crippen LogP contribution in [0.4, 0.5) is 0 Å². The molecule has 0 radical (unpaired) electrons. The monoisotopic (exact) mass is 395 g/mol. The highest BCUT2D eigenvalue weighted by molar-refractivity contribution is 6.06. The summed E-state index contributed by atoms with van der Waals surface area (Å²) in [5.41, 5.74) is 2.68. The van der Waals surface area contributed by atoms with Gasteiger partial charge >= 0.3 is 0 Å². The van der Waals surface area contributed by atoms with Crippen molar-refractivity contribution in [2.75, 3.05) is 20.3 Å². The Labute approximate surface area is 172 Å². The van der Waals surface area contributed by atoms with Crippen molar-refractivity contribution < 1.29 is 19.1 Å². The Hall–Kier alpha value is -3.08. The molecule has 1 amide bonds. The number of hydrogen-bond acceptors (Lipinski definition) is 4. The number of likely N-dealkylation sites (N-methyl/N-ethyl adjacent to an activating group) is 1. The van der Waals surface area contributed by atoms with Crippen LogP contribution in [0.15, 0.2) is 48.5 Å². The summed E-state index contributed by atoms with van der Waals surface area (Å²) < 4.78 is 10.8. The molecule has 2 aromatic carbocycles. The summed E-state index contributed by atoms with van der Waals surface area (Å²) in [5.74, 6) is 0.709. The van der Waals surface area contributed by atoms with Crippen molar-refractivity contribution in [3.8, 4) is 11.5 Å². The molecule has 0 aliphatic rings. The van der Waals surface area contributed by atoms with E-state index in [1.807, 2.05) is 37.3 Å². The van der Waals surface area contributed by atoms with Gasteiger partial charge in [0.05, 0.1) is 7.11 Å². The zero-order chi connectivity index (χ0) is 21.4.